The van der Waals surface area contributed by atoms with Crippen LogP contribution in [-0.4, -0.2) is 25.7 Å². The minimum atomic E-state index is 0.689. The first-order chi connectivity index (χ1) is 4.93. The van der Waals surface area contributed by atoms with Crippen molar-refractivity contribution in [2.24, 2.45) is 0 Å². The number of piperazine rings is 1. The molecule has 0 aromatic rings. The summed E-state index contributed by atoms with van der Waals surface area (Å²) in [6, 6.07) is 0.689. The predicted octanol–water partition coefficient (Wildman–Crippen LogP) is 0.753. The van der Waals surface area contributed by atoms with Crippen molar-refractivity contribution in [2.75, 3.05) is 19.6 Å². The van der Waals surface area contributed by atoms with E-state index in [1.165, 1.54) is 19.3 Å². The maximum Gasteiger partial charge on any atom is 0.0288 e. The molecule has 0 amide bonds. The van der Waals surface area contributed by atoms with Crippen LogP contribution in [0.3, 0.4) is 0 Å². The highest BCUT2D eigenvalue weighted by Gasteiger charge is 2.10. The molecule has 1 heterocycles. The topological polar surface area (TPSA) is 26.1 Å². The Kier molecular flexibility index (Phi) is 3.76. The van der Waals surface area contributed by atoms with Crippen LogP contribution in [-0.2, 0) is 0 Å². The number of unbranched alkanes of at least 4 members (excludes halogenated alkanes) is 1. The van der Waals surface area contributed by atoms with Crippen molar-refractivity contribution in [1.82, 2.24) is 10.6 Å². The first-order valence-electron chi connectivity index (χ1n) is 4.30. The van der Waals surface area contributed by atoms with Crippen molar-refractivity contribution in [2.45, 2.75) is 32.2 Å². The van der Waals surface area contributed by atoms with Gasteiger partial charge in [0.2, 0.25) is 0 Å². The van der Waals surface area contributed by atoms with E-state index in [1.54, 1.807) is 0 Å². The van der Waals surface area contributed by atoms with Gasteiger partial charge in [-0.05, 0) is 6.42 Å². The second kappa shape index (κ2) is 4.69. The minimum absolute atomic E-state index is 0.689. The molecule has 1 saturated heterocycles. The Hall–Kier alpha value is -0.0800. The van der Waals surface area contributed by atoms with Gasteiger partial charge < -0.3 is 5.32 Å². The third-order valence-corrected chi connectivity index (χ3v) is 1.96. The number of nitrogens with one attached hydrogen (secondary N) is 1. The molecule has 1 aliphatic heterocycles. The van der Waals surface area contributed by atoms with Crippen LogP contribution < -0.4 is 10.6 Å². The molecule has 0 aliphatic carbocycles. The van der Waals surface area contributed by atoms with Crippen molar-refractivity contribution < 1.29 is 0 Å². The minimum Gasteiger partial charge on any atom is -0.311 e. The maximum absolute atomic E-state index is 4.35. The number of rotatable bonds is 3. The first kappa shape index (κ1) is 8.02. The number of hydrogen-bond acceptors (Lipinski definition) is 1. The molecule has 10 heavy (non-hydrogen) atoms. The zero-order valence-corrected chi connectivity index (χ0v) is 6.77. The molecule has 0 saturated carbocycles. The van der Waals surface area contributed by atoms with Crippen molar-refractivity contribution in [1.29, 1.82) is 0 Å². The normalized spacial score (nSPS) is 26.7. The third kappa shape index (κ3) is 2.67. The van der Waals surface area contributed by atoms with Crippen molar-refractivity contribution in [3.05, 3.63) is 0 Å². The summed E-state index contributed by atoms with van der Waals surface area (Å²) >= 11 is 0. The molecule has 0 bridgehead atoms. The monoisotopic (exact) mass is 141 g/mol. The summed E-state index contributed by atoms with van der Waals surface area (Å²) in [5.74, 6) is 0. The summed E-state index contributed by atoms with van der Waals surface area (Å²) in [6.07, 6.45) is 3.95. The van der Waals surface area contributed by atoms with Crippen LogP contribution in [0.1, 0.15) is 26.2 Å². The van der Waals surface area contributed by atoms with E-state index in [2.05, 4.69) is 17.6 Å². The molecule has 2 heteroatoms. The van der Waals surface area contributed by atoms with E-state index < -0.39 is 0 Å². The first-order valence-corrected chi connectivity index (χ1v) is 4.30. The predicted molar refractivity (Wildman–Crippen MR) is 43.2 cm³/mol. The Labute approximate surface area is 63.4 Å². The SMILES string of the molecule is CCCCC1C[N]CCN1. The lowest BCUT2D eigenvalue weighted by molar-refractivity contribution is 0.386. The van der Waals surface area contributed by atoms with E-state index in [1.807, 2.05) is 0 Å². The highest BCUT2D eigenvalue weighted by Crippen LogP contribution is 2.01. The largest absolute Gasteiger partial charge is 0.311 e. The van der Waals surface area contributed by atoms with Crippen molar-refractivity contribution >= 4 is 0 Å². The van der Waals surface area contributed by atoms with E-state index in [9.17, 15) is 0 Å². The van der Waals surface area contributed by atoms with Crippen LogP contribution in [0.4, 0.5) is 0 Å². The molecule has 0 aromatic carbocycles. The maximum atomic E-state index is 4.35. The zero-order valence-electron chi connectivity index (χ0n) is 6.77. The van der Waals surface area contributed by atoms with Crippen LogP contribution in [0.25, 0.3) is 0 Å². The average molecular weight is 141 g/mol. The summed E-state index contributed by atoms with van der Waals surface area (Å²) in [4.78, 5) is 0. The fourth-order valence-corrected chi connectivity index (χ4v) is 1.30. The molecule has 2 nitrogen and oxygen atoms in total. The molecule has 1 rings (SSSR count). The Morgan fingerprint density at radius 3 is 3.10 bits per heavy atom. The molecule has 1 radical (unpaired) electrons. The van der Waals surface area contributed by atoms with E-state index in [4.69, 9.17) is 0 Å². The molecule has 1 aliphatic rings. The molecule has 1 fully saturated rings. The van der Waals surface area contributed by atoms with E-state index in [0.717, 1.165) is 19.6 Å². The second-order valence-corrected chi connectivity index (χ2v) is 2.92. The molecule has 0 aromatic heterocycles. The molecule has 0 spiro atoms. The Bertz CT molecular complexity index is 77.3. The molecule has 59 valence electrons. The molecule has 1 unspecified atom stereocenters. The summed E-state index contributed by atoms with van der Waals surface area (Å²) in [5, 5.41) is 7.81. The van der Waals surface area contributed by atoms with Crippen LogP contribution in [0, 0.1) is 0 Å². The van der Waals surface area contributed by atoms with Gasteiger partial charge in [-0.15, -0.1) is 0 Å². The standard InChI is InChI=1S/C8H17N2/c1-2-3-4-8-7-9-5-6-10-8/h8,10H,2-7H2,1H3. The highest BCUT2D eigenvalue weighted by atomic mass is 15.0. The lowest BCUT2D eigenvalue weighted by Crippen LogP contribution is -2.44. The molecule has 1 N–H and O–H groups in total. The smallest absolute Gasteiger partial charge is 0.0288 e. The summed E-state index contributed by atoms with van der Waals surface area (Å²) in [7, 11) is 0. The van der Waals surface area contributed by atoms with Gasteiger partial charge in [-0.2, -0.15) is 0 Å². The quantitative estimate of drug-likeness (QED) is 0.617. The Morgan fingerprint density at radius 2 is 2.50 bits per heavy atom. The van der Waals surface area contributed by atoms with Gasteiger partial charge in [0.1, 0.15) is 0 Å². The highest BCUT2D eigenvalue weighted by molar-refractivity contribution is 4.74. The van der Waals surface area contributed by atoms with Crippen LogP contribution >= 0.6 is 0 Å². The number of nitrogens with zero attached hydrogens (tertiary/aromatic N) is 1. The fourth-order valence-electron chi connectivity index (χ4n) is 1.30. The average Bonchev–Trinajstić information content (AvgIpc) is 2.03. The van der Waals surface area contributed by atoms with Gasteiger partial charge in [-0.25, -0.2) is 5.32 Å². The number of hydrogen-bond donors (Lipinski definition) is 1. The van der Waals surface area contributed by atoms with Gasteiger partial charge >= 0.3 is 0 Å². The fraction of sp³-hybridized carbons (Fsp3) is 1.00. The van der Waals surface area contributed by atoms with Crippen LogP contribution in [0.5, 0.6) is 0 Å². The van der Waals surface area contributed by atoms with E-state index >= 15 is 0 Å². The third-order valence-electron chi connectivity index (χ3n) is 1.96. The summed E-state index contributed by atoms with van der Waals surface area (Å²) in [5.41, 5.74) is 0. The van der Waals surface area contributed by atoms with Gasteiger partial charge in [-0.3, -0.25) is 0 Å². The lowest BCUT2D eigenvalue weighted by atomic mass is 10.1. The van der Waals surface area contributed by atoms with Gasteiger partial charge in [-0.1, -0.05) is 19.8 Å². The second-order valence-electron chi connectivity index (χ2n) is 2.92. The Balaban J connectivity index is 2.02. The van der Waals surface area contributed by atoms with E-state index in [-0.39, 0.29) is 0 Å². The zero-order chi connectivity index (χ0) is 7.23. The van der Waals surface area contributed by atoms with Crippen LogP contribution in [0.2, 0.25) is 0 Å². The summed E-state index contributed by atoms with van der Waals surface area (Å²) in [6.45, 7) is 5.39. The summed E-state index contributed by atoms with van der Waals surface area (Å²) < 4.78 is 0. The van der Waals surface area contributed by atoms with Gasteiger partial charge in [0.05, 0.1) is 0 Å². The van der Waals surface area contributed by atoms with Gasteiger partial charge in [0.25, 0.3) is 0 Å². The molecular formula is C8H17N2. The Morgan fingerprint density at radius 1 is 1.60 bits per heavy atom. The van der Waals surface area contributed by atoms with Crippen molar-refractivity contribution in [3.8, 4) is 0 Å². The molecular weight excluding hydrogens is 124 g/mol. The van der Waals surface area contributed by atoms with Gasteiger partial charge in [0.15, 0.2) is 0 Å². The van der Waals surface area contributed by atoms with Gasteiger partial charge in [0, 0.05) is 25.7 Å². The van der Waals surface area contributed by atoms with Crippen LogP contribution in [0.15, 0.2) is 0 Å². The molecule has 1 atom stereocenters. The van der Waals surface area contributed by atoms with E-state index in [0.29, 0.717) is 6.04 Å². The van der Waals surface area contributed by atoms with Crippen molar-refractivity contribution in [3.63, 3.8) is 0 Å². The lowest BCUT2D eigenvalue weighted by Gasteiger charge is -2.22.